The van der Waals surface area contributed by atoms with Crippen LogP contribution < -0.4 is 14.8 Å². The van der Waals surface area contributed by atoms with Gasteiger partial charge in [0.05, 0.1) is 6.61 Å². The van der Waals surface area contributed by atoms with E-state index >= 15 is 0 Å². The Kier molecular flexibility index (Phi) is 5.88. The van der Waals surface area contributed by atoms with Crippen LogP contribution in [-0.2, 0) is 6.61 Å². The molecule has 1 N–H and O–H groups in total. The van der Waals surface area contributed by atoms with Crippen molar-refractivity contribution in [3.8, 4) is 5.75 Å². The fourth-order valence-corrected chi connectivity index (χ4v) is 8.82. The normalized spacial score (nSPS) is 12.2. The van der Waals surface area contributed by atoms with Gasteiger partial charge in [-0.15, -0.1) is 0 Å². The number of benzene rings is 4. The van der Waals surface area contributed by atoms with Gasteiger partial charge in [-0.25, -0.2) is 8.78 Å². The van der Waals surface area contributed by atoms with Crippen molar-refractivity contribution in [3.05, 3.63) is 102 Å². The van der Waals surface area contributed by atoms with Crippen LogP contribution >= 0.6 is 0 Å². The predicted octanol–water partition coefficient (Wildman–Crippen LogP) is 5.55. The van der Waals surface area contributed by atoms with E-state index in [4.69, 9.17) is 4.43 Å². The standard InChI is InChI=1S/C27H26F2O2Si/c1-27(2,3)32(20-10-6-4-7-11-20,21-12-8-5-9-13-21)31-25-17-19(18-30)16-23-22(25)14-15-24(28)26(23)29/h4-17,30H,18H2,1-3H3. The summed E-state index contributed by atoms with van der Waals surface area (Å²) >= 11 is 0. The molecule has 5 heteroatoms. The molecule has 0 saturated heterocycles. The number of hydrogen-bond acceptors (Lipinski definition) is 2. The number of hydrogen-bond donors (Lipinski definition) is 1. The van der Waals surface area contributed by atoms with E-state index in [1.165, 1.54) is 6.07 Å². The Bertz CT molecular complexity index is 1200. The Hall–Kier alpha value is -3.02. The lowest BCUT2D eigenvalue weighted by Gasteiger charge is -2.43. The molecule has 164 valence electrons. The highest BCUT2D eigenvalue weighted by Gasteiger charge is 2.52. The van der Waals surface area contributed by atoms with Crippen molar-refractivity contribution in [1.29, 1.82) is 0 Å². The summed E-state index contributed by atoms with van der Waals surface area (Å²) in [6, 6.07) is 26.1. The molecule has 4 aromatic rings. The summed E-state index contributed by atoms with van der Waals surface area (Å²) in [4.78, 5) is 0. The SMILES string of the molecule is CC(C)(C)[Si](Oc1cc(CO)cc2c(F)c(F)ccc12)(c1ccccc1)c1ccccc1. The lowest BCUT2D eigenvalue weighted by atomic mass is 10.1. The zero-order valence-corrected chi connectivity index (χ0v) is 19.4. The summed E-state index contributed by atoms with van der Waals surface area (Å²) in [5, 5.41) is 12.2. The first kappa shape index (κ1) is 22.2. The molecule has 32 heavy (non-hydrogen) atoms. The fourth-order valence-electron chi connectivity index (χ4n) is 4.39. The molecular weight excluding hydrogens is 422 g/mol. The summed E-state index contributed by atoms with van der Waals surface area (Å²) in [5.74, 6) is -1.42. The van der Waals surface area contributed by atoms with Crippen molar-refractivity contribution in [1.82, 2.24) is 0 Å². The summed E-state index contributed by atoms with van der Waals surface area (Å²) in [6.07, 6.45) is 0. The molecule has 0 aliphatic rings. The molecule has 0 bridgehead atoms. The Morgan fingerprint density at radius 1 is 0.781 bits per heavy atom. The van der Waals surface area contributed by atoms with Gasteiger partial charge in [-0.2, -0.15) is 0 Å². The van der Waals surface area contributed by atoms with Crippen LogP contribution in [0.15, 0.2) is 84.9 Å². The van der Waals surface area contributed by atoms with E-state index in [9.17, 15) is 13.9 Å². The minimum absolute atomic E-state index is 0.101. The smallest absolute Gasteiger partial charge is 0.319 e. The third-order valence-corrected chi connectivity index (χ3v) is 10.8. The molecule has 0 heterocycles. The fraction of sp³-hybridized carbons (Fsp3) is 0.185. The molecule has 2 nitrogen and oxygen atoms in total. The summed E-state index contributed by atoms with van der Waals surface area (Å²) < 4.78 is 35.7. The van der Waals surface area contributed by atoms with Gasteiger partial charge in [0.1, 0.15) is 5.75 Å². The van der Waals surface area contributed by atoms with Crippen molar-refractivity contribution in [2.45, 2.75) is 32.4 Å². The first-order chi connectivity index (χ1) is 15.3. The highest BCUT2D eigenvalue weighted by Crippen LogP contribution is 2.40. The molecule has 0 aromatic heterocycles. The Morgan fingerprint density at radius 2 is 1.34 bits per heavy atom. The van der Waals surface area contributed by atoms with Crippen molar-refractivity contribution < 1.29 is 18.3 Å². The van der Waals surface area contributed by atoms with E-state index in [0.29, 0.717) is 16.7 Å². The van der Waals surface area contributed by atoms with E-state index < -0.39 is 20.0 Å². The molecule has 0 fully saturated rings. The van der Waals surface area contributed by atoms with Crippen molar-refractivity contribution >= 4 is 29.5 Å². The Balaban J connectivity index is 2.05. The van der Waals surface area contributed by atoms with E-state index in [1.807, 2.05) is 36.4 Å². The first-order valence-corrected chi connectivity index (χ1v) is 12.5. The van der Waals surface area contributed by atoms with Gasteiger partial charge in [0.2, 0.25) is 0 Å². The van der Waals surface area contributed by atoms with Gasteiger partial charge >= 0.3 is 8.32 Å². The average molecular weight is 449 g/mol. The molecule has 0 unspecified atom stereocenters. The second-order valence-electron chi connectivity index (χ2n) is 8.97. The molecule has 0 aliphatic heterocycles. The van der Waals surface area contributed by atoms with Gasteiger partial charge in [-0.3, -0.25) is 0 Å². The van der Waals surface area contributed by atoms with Gasteiger partial charge < -0.3 is 9.53 Å². The van der Waals surface area contributed by atoms with Crippen LogP contribution in [0.1, 0.15) is 26.3 Å². The van der Waals surface area contributed by atoms with Crippen molar-refractivity contribution in [2.24, 2.45) is 0 Å². The zero-order valence-electron chi connectivity index (χ0n) is 18.4. The number of aliphatic hydroxyl groups is 1. The number of rotatable bonds is 5. The van der Waals surface area contributed by atoms with E-state index in [0.717, 1.165) is 16.4 Å². The average Bonchev–Trinajstić information content (AvgIpc) is 2.80. The molecule has 0 saturated carbocycles. The maximum Gasteiger partial charge on any atom is 0.319 e. The molecule has 0 spiro atoms. The van der Waals surface area contributed by atoms with Crippen LogP contribution in [0.4, 0.5) is 8.78 Å². The maximum atomic E-state index is 14.7. The van der Waals surface area contributed by atoms with E-state index in [2.05, 4.69) is 45.0 Å². The van der Waals surface area contributed by atoms with Gasteiger partial charge in [0.25, 0.3) is 0 Å². The third kappa shape index (κ3) is 3.72. The first-order valence-electron chi connectivity index (χ1n) is 10.6. The second-order valence-corrected chi connectivity index (χ2v) is 13.2. The number of aliphatic hydroxyl groups excluding tert-OH is 1. The number of halogens is 2. The summed E-state index contributed by atoms with van der Waals surface area (Å²) in [5.41, 5.74) is 0.468. The van der Waals surface area contributed by atoms with Crippen LogP contribution in [0.3, 0.4) is 0 Å². The van der Waals surface area contributed by atoms with Crippen LogP contribution in [-0.4, -0.2) is 13.4 Å². The molecule has 0 aliphatic carbocycles. The molecule has 0 atom stereocenters. The lowest BCUT2D eigenvalue weighted by Crippen LogP contribution is -2.68. The topological polar surface area (TPSA) is 29.5 Å². The minimum atomic E-state index is -2.97. The molecule has 4 rings (SSSR count). The highest BCUT2D eigenvalue weighted by atomic mass is 28.4. The van der Waals surface area contributed by atoms with Gasteiger partial charge in [0.15, 0.2) is 11.6 Å². The van der Waals surface area contributed by atoms with Crippen LogP contribution in [0.2, 0.25) is 5.04 Å². The molecule has 0 amide bonds. The second kappa shape index (κ2) is 8.49. The van der Waals surface area contributed by atoms with Gasteiger partial charge in [-0.05, 0) is 45.2 Å². The van der Waals surface area contributed by atoms with Crippen LogP contribution in [0.5, 0.6) is 5.75 Å². The molecule has 4 aromatic carbocycles. The largest absolute Gasteiger partial charge is 0.534 e. The molecule has 0 radical (unpaired) electrons. The van der Waals surface area contributed by atoms with Gasteiger partial charge in [-0.1, -0.05) is 81.4 Å². The molecular formula is C27H26F2O2Si. The van der Waals surface area contributed by atoms with Crippen LogP contribution in [0.25, 0.3) is 10.8 Å². The van der Waals surface area contributed by atoms with Crippen LogP contribution in [0, 0.1) is 11.6 Å². The quantitative estimate of drug-likeness (QED) is 0.406. The highest BCUT2D eigenvalue weighted by molar-refractivity contribution is 7.00. The predicted molar refractivity (Wildman–Crippen MR) is 128 cm³/mol. The number of fused-ring (bicyclic) bond motifs is 1. The van der Waals surface area contributed by atoms with E-state index in [-0.39, 0.29) is 17.0 Å². The Morgan fingerprint density at radius 3 is 1.84 bits per heavy atom. The summed E-state index contributed by atoms with van der Waals surface area (Å²) in [7, 11) is -2.97. The third-order valence-electron chi connectivity index (χ3n) is 5.91. The Labute approximate surface area is 188 Å². The van der Waals surface area contributed by atoms with Gasteiger partial charge in [0, 0.05) is 10.8 Å². The van der Waals surface area contributed by atoms with Crippen molar-refractivity contribution in [2.75, 3.05) is 0 Å². The van der Waals surface area contributed by atoms with E-state index in [1.54, 1.807) is 12.1 Å². The lowest BCUT2D eigenvalue weighted by molar-refractivity contribution is 0.281. The zero-order chi connectivity index (χ0) is 22.9. The maximum absolute atomic E-state index is 14.7. The summed E-state index contributed by atoms with van der Waals surface area (Å²) in [6.45, 7) is 6.15. The minimum Gasteiger partial charge on any atom is -0.534 e. The monoisotopic (exact) mass is 448 g/mol. The van der Waals surface area contributed by atoms with Crippen molar-refractivity contribution in [3.63, 3.8) is 0 Å².